The fourth-order valence-corrected chi connectivity index (χ4v) is 2.53. The van der Waals surface area contributed by atoms with Gasteiger partial charge in [-0.1, -0.05) is 24.3 Å². The van der Waals surface area contributed by atoms with Crippen molar-refractivity contribution in [3.63, 3.8) is 0 Å². The SMILES string of the molecule is CC(=O)Oc1ccccc1NC(=O)CN1C(=O)c2ccccc2C1=O. The van der Waals surface area contributed by atoms with E-state index >= 15 is 0 Å². The second-order valence-electron chi connectivity index (χ2n) is 5.38. The fraction of sp³-hybridized carbons (Fsp3) is 0.111. The van der Waals surface area contributed by atoms with Crippen molar-refractivity contribution in [2.24, 2.45) is 0 Å². The van der Waals surface area contributed by atoms with E-state index in [1.807, 2.05) is 0 Å². The second kappa shape index (κ2) is 6.56. The Morgan fingerprint density at radius 2 is 1.52 bits per heavy atom. The summed E-state index contributed by atoms with van der Waals surface area (Å²) in [6, 6.07) is 12.8. The van der Waals surface area contributed by atoms with Gasteiger partial charge in [0.05, 0.1) is 16.8 Å². The third kappa shape index (κ3) is 3.25. The minimum Gasteiger partial charge on any atom is -0.424 e. The van der Waals surface area contributed by atoms with E-state index in [-0.39, 0.29) is 22.6 Å². The molecule has 126 valence electrons. The molecular weight excluding hydrogens is 324 g/mol. The van der Waals surface area contributed by atoms with E-state index < -0.39 is 30.2 Å². The first kappa shape index (κ1) is 16.4. The molecule has 0 aromatic heterocycles. The maximum Gasteiger partial charge on any atom is 0.308 e. The van der Waals surface area contributed by atoms with Crippen molar-refractivity contribution in [3.05, 3.63) is 59.7 Å². The third-order valence-electron chi connectivity index (χ3n) is 3.59. The van der Waals surface area contributed by atoms with Crippen LogP contribution in [0.5, 0.6) is 5.75 Å². The highest BCUT2D eigenvalue weighted by Gasteiger charge is 2.36. The molecule has 1 aliphatic rings. The smallest absolute Gasteiger partial charge is 0.308 e. The van der Waals surface area contributed by atoms with Crippen LogP contribution in [0.4, 0.5) is 5.69 Å². The molecule has 0 saturated heterocycles. The summed E-state index contributed by atoms with van der Waals surface area (Å²) in [5.41, 5.74) is 0.834. The molecule has 0 atom stereocenters. The summed E-state index contributed by atoms with van der Waals surface area (Å²) in [4.78, 5) is 48.8. The van der Waals surface area contributed by atoms with E-state index in [4.69, 9.17) is 4.74 Å². The Morgan fingerprint density at radius 3 is 2.12 bits per heavy atom. The number of nitrogens with zero attached hydrogens (tertiary/aromatic N) is 1. The monoisotopic (exact) mass is 338 g/mol. The number of para-hydroxylation sites is 2. The molecule has 25 heavy (non-hydrogen) atoms. The van der Waals surface area contributed by atoms with Crippen LogP contribution in [0.3, 0.4) is 0 Å². The number of esters is 1. The van der Waals surface area contributed by atoms with Crippen LogP contribution in [0, 0.1) is 0 Å². The van der Waals surface area contributed by atoms with Gasteiger partial charge >= 0.3 is 5.97 Å². The molecule has 1 N–H and O–H groups in total. The molecule has 7 heteroatoms. The van der Waals surface area contributed by atoms with Crippen molar-refractivity contribution in [2.75, 3.05) is 11.9 Å². The van der Waals surface area contributed by atoms with E-state index in [1.165, 1.54) is 13.0 Å². The number of hydrogen-bond donors (Lipinski definition) is 1. The van der Waals surface area contributed by atoms with Crippen molar-refractivity contribution < 1.29 is 23.9 Å². The van der Waals surface area contributed by atoms with Gasteiger partial charge in [0, 0.05) is 6.92 Å². The zero-order chi connectivity index (χ0) is 18.0. The highest BCUT2D eigenvalue weighted by Crippen LogP contribution is 2.25. The average molecular weight is 338 g/mol. The van der Waals surface area contributed by atoms with E-state index in [2.05, 4.69) is 5.32 Å². The van der Waals surface area contributed by atoms with Crippen LogP contribution in [0.2, 0.25) is 0 Å². The summed E-state index contributed by atoms with van der Waals surface area (Å²) in [5, 5.41) is 2.55. The summed E-state index contributed by atoms with van der Waals surface area (Å²) < 4.78 is 5.01. The average Bonchev–Trinajstić information content (AvgIpc) is 2.82. The number of amides is 3. The van der Waals surface area contributed by atoms with Gasteiger partial charge < -0.3 is 10.1 Å². The predicted molar refractivity (Wildman–Crippen MR) is 88.2 cm³/mol. The van der Waals surface area contributed by atoms with Crippen molar-refractivity contribution in [2.45, 2.75) is 6.92 Å². The summed E-state index contributed by atoms with van der Waals surface area (Å²) in [5.74, 6) is -1.94. The van der Waals surface area contributed by atoms with Crippen LogP contribution in [0.25, 0.3) is 0 Å². The summed E-state index contributed by atoms with van der Waals surface area (Å²) >= 11 is 0. The fourth-order valence-electron chi connectivity index (χ4n) is 2.53. The van der Waals surface area contributed by atoms with Gasteiger partial charge in [-0.2, -0.15) is 0 Å². The van der Waals surface area contributed by atoms with Gasteiger partial charge in [0.15, 0.2) is 5.75 Å². The van der Waals surface area contributed by atoms with Crippen LogP contribution in [0.15, 0.2) is 48.5 Å². The number of hydrogen-bond acceptors (Lipinski definition) is 5. The first-order valence-electron chi connectivity index (χ1n) is 7.50. The number of carbonyl (C=O) groups excluding carboxylic acids is 4. The number of nitrogens with one attached hydrogen (secondary N) is 1. The Labute approximate surface area is 143 Å². The van der Waals surface area contributed by atoms with E-state index in [1.54, 1.807) is 42.5 Å². The topological polar surface area (TPSA) is 92.8 Å². The van der Waals surface area contributed by atoms with Crippen molar-refractivity contribution >= 4 is 29.4 Å². The zero-order valence-electron chi connectivity index (χ0n) is 13.3. The van der Waals surface area contributed by atoms with Crippen LogP contribution >= 0.6 is 0 Å². The third-order valence-corrected chi connectivity index (χ3v) is 3.59. The first-order chi connectivity index (χ1) is 12.0. The van der Waals surface area contributed by atoms with Crippen LogP contribution in [-0.2, 0) is 9.59 Å². The molecule has 1 heterocycles. The maximum atomic E-state index is 12.3. The molecule has 3 amide bonds. The van der Waals surface area contributed by atoms with Crippen molar-refractivity contribution in [3.8, 4) is 5.75 Å². The van der Waals surface area contributed by atoms with Gasteiger partial charge in [0.2, 0.25) is 5.91 Å². The Bertz CT molecular complexity index is 856. The zero-order valence-corrected chi connectivity index (χ0v) is 13.3. The molecule has 0 bridgehead atoms. The summed E-state index contributed by atoms with van der Waals surface area (Å²) in [6.45, 7) is 0.818. The molecule has 7 nitrogen and oxygen atoms in total. The Hall–Kier alpha value is -3.48. The number of benzene rings is 2. The highest BCUT2D eigenvalue weighted by molar-refractivity contribution is 6.22. The lowest BCUT2D eigenvalue weighted by atomic mass is 10.1. The number of fused-ring (bicyclic) bond motifs is 1. The lowest BCUT2D eigenvalue weighted by Crippen LogP contribution is -2.37. The van der Waals surface area contributed by atoms with Crippen LogP contribution in [-0.4, -0.2) is 35.1 Å². The van der Waals surface area contributed by atoms with Gasteiger partial charge in [-0.15, -0.1) is 0 Å². The summed E-state index contributed by atoms with van der Waals surface area (Å²) in [6.07, 6.45) is 0. The van der Waals surface area contributed by atoms with E-state index in [9.17, 15) is 19.2 Å². The van der Waals surface area contributed by atoms with E-state index in [0.29, 0.717) is 0 Å². The standard InChI is InChI=1S/C18H14N2O5/c1-11(21)25-15-9-5-4-8-14(15)19-16(22)10-20-17(23)12-6-2-3-7-13(12)18(20)24/h2-9H,10H2,1H3,(H,19,22). The Morgan fingerprint density at radius 1 is 0.960 bits per heavy atom. The largest absolute Gasteiger partial charge is 0.424 e. The molecule has 3 rings (SSSR count). The van der Waals surface area contributed by atoms with Crippen LogP contribution in [0.1, 0.15) is 27.6 Å². The molecule has 0 radical (unpaired) electrons. The quantitative estimate of drug-likeness (QED) is 0.522. The minimum absolute atomic E-state index is 0.186. The lowest BCUT2D eigenvalue weighted by Gasteiger charge is -2.15. The normalized spacial score (nSPS) is 12.8. The predicted octanol–water partition coefficient (Wildman–Crippen LogP) is 1.85. The second-order valence-corrected chi connectivity index (χ2v) is 5.38. The number of rotatable bonds is 4. The Kier molecular flexibility index (Phi) is 4.30. The molecule has 2 aromatic rings. The summed E-state index contributed by atoms with van der Waals surface area (Å²) in [7, 11) is 0. The molecular formula is C18H14N2O5. The molecule has 2 aromatic carbocycles. The number of anilines is 1. The van der Waals surface area contributed by atoms with Gasteiger partial charge in [0.25, 0.3) is 11.8 Å². The van der Waals surface area contributed by atoms with E-state index in [0.717, 1.165) is 4.90 Å². The number of imide groups is 1. The molecule has 0 unspecified atom stereocenters. The van der Waals surface area contributed by atoms with Crippen molar-refractivity contribution in [1.29, 1.82) is 0 Å². The molecule has 1 aliphatic heterocycles. The molecule has 0 fully saturated rings. The maximum absolute atomic E-state index is 12.3. The lowest BCUT2D eigenvalue weighted by molar-refractivity contribution is -0.131. The van der Waals surface area contributed by atoms with Gasteiger partial charge in [-0.3, -0.25) is 24.1 Å². The highest BCUT2D eigenvalue weighted by atomic mass is 16.5. The van der Waals surface area contributed by atoms with Gasteiger partial charge in [-0.25, -0.2) is 0 Å². The molecule has 0 spiro atoms. The molecule has 0 saturated carbocycles. The molecule has 0 aliphatic carbocycles. The minimum atomic E-state index is -0.575. The first-order valence-corrected chi connectivity index (χ1v) is 7.50. The van der Waals surface area contributed by atoms with Gasteiger partial charge in [-0.05, 0) is 24.3 Å². The Balaban J connectivity index is 1.74. The van der Waals surface area contributed by atoms with Crippen LogP contribution < -0.4 is 10.1 Å². The number of carbonyl (C=O) groups is 4. The van der Waals surface area contributed by atoms with Crippen molar-refractivity contribution in [1.82, 2.24) is 4.90 Å². The van der Waals surface area contributed by atoms with Gasteiger partial charge in [0.1, 0.15) is 6.54 Å². The number of ether oxygens (including phenoxy) is 1.